The molecule has 8 heteroatoms. The van der Waals surface area contributed by atoms with Crippen molar-refractivity contribution < 1.29 is 9.18 Å². The summed E-state index contributed by atoms with van der Waals surface area (Å²) in [6.07, 6.45) is 4.66. The number of halogens is 1. The Bertz CT molecular complexity index is 1350. The van der Waals surface area contributed by atoms with Gasteiger partial charge in [0.1, 0.15) is 11.6 Å². The summed E-state index contributed by atoms with van der Waals surface area (Å²) in [7, 11) is 0. The Balaban J connectivity index is 1.46. The number of aryl methyl sites for hydroxylation is 1. The van der Waals surface area contributed by atoms with Crippen molar-refractivity contribution in [2.45, 2.75) is 33.2 Å². The van der Waals surface area contributed by atoms with Crippen LogP contribution in [0.4, 0.5) is 16.0 Å². The van der Waals surface area contributed by atoms with Crippen LogP contribution >= 0.6 is 0 Å². The molecule has 0 fully saturated rings. The van der Waals surface area contributed by atoms with Gasteiger partial charge in [0.2, 0.25) is 11.9 Å². The summed E-state index contributed by atoms with van der Waals surface area (Å²) >= 11 is 0. The Hall–Kier alpha value is -4.07. The first kappa shape index (κ1) is 21.8. The largest absolute Gasteiger partial charge is 0.338 e. The molecule has 0 atom stereocenters. The molecule has 1 aliphatic heterocycles. The van der Waals surface area contributed by atoms with Crippen LogP contribution < -0.4 is 5.32 Å². The molecule has 2 aromatic heterocycles. The lowest BCUT2D eigenvalue weighted by atomic mass is 9.99. The molecule has 172 valence electrons. The molecule has 1 aliphatic rings. The van der Waals surface area contributed by atoms with E-state index in [0.29, 0.717) is 37.4 Å². The lowest BCUT2D eigenvalue weighted by Crippen LogP contribution is -2.35. The fraction of sp³-hybridized carbons (Fsp3) is 0.231. The van der Waals surface area contributed by atoms with E-state index in [0.717, 1.165) is 34.2 Å². The highest BCUT2D eigenvalue weighted by Crippen LogP contribution is 2.26. The van der Waals surface area contributed by atoms with Crippen LogP contribution in [0.25, 0.3) is 5.69 Å². The molecular weight excluding hydrogens is 431 g/mol. The second-order valence-electron chi connectivity index (χ2n) is 8.39. The van der Waals surface area contributed by atoms with E-state index in [1.165, 1.54) is 6.07 Å². The summed E-state index contributed by atoms with van der Waals surface area (Å²) in [4.78, 5) is 27.5. The zero-order chi connectivity index (χ0) is 23.7. The number of carbonyl (C=O) groups excluding carboxylic acids is 1. The Morgan fingerprint density at radius 3 is 2.62 bits per heavy atom. The molecule has 0 spiro atoms. The standard InChI is InChI=1S/C26H25FN6O/c1-17-28-12-14-33(17)21-9-7-20(8-10-21)29-26-30-24-11-13-32(18(2)34)16-22(24)25(31-26)15-19-5-3-4-6-23(19)27/h3-10,12,14H,11,13,15-16H2,1-2H3,(H,29,30,31). The number of nitrogens with zero attached hydrogens (tertiary/aromatic N) is 5. The average Bonchev–Trinajstić information content (AvgIpc) is 3.26. The van der Waals surface area contributed by atoms with Crippen LogP contribution in [0.15, 0.2) is 60.9 Å². The highest BCUT2D eigenvalue weighted by Gasteiger charge is 2.24. The molecule has 0 radical (unpaired) electrons. The number of hydrogen-bond acceptors (Lipinski definition) is 5. The third kappa shape index (κ3) is 4.39. The van der Waals surface area contributed by atoms with Crippen molar-refractivity contribution in [3.63, 3.8) is 0 Å². The summed E-state index contributed by atoms with van der Waals surface area (Å²) in [5, 5.41) is 3.29. The predicted molar refractivity (Wildman–Crippen MR) is 128 cm³/mol. The van der Waals surface area contributed by atoms with Crippen molar-refractivity contribution in [1.29, 1.82) is 0 Å². The maximum Gasteiger partial charge on any atom is 0.227 e. The zero-order valence-electron chi connectivity index (χ0n) is 19.1. The van der Waals surface area contributed by atoms with Gasteiger partial charge in [-0.05, 0) is 42.8 Å². The SMILES string of the molecule is CC(=O)N1CCc2nc(Nc3ccc(-n4ccnc4C)cc3)nc(Cc3ccccc3F)c2C1. The quantitative estimate of drug-likeness (QED) is 0.483. The van der Waals surface area contributed by atoms with Gasteiger partial charge >= 0.3 is 0 Å². The second-order valence-corrected chi connectivity index (χ2v) is 8.39. The summed E-state index contributed by atoms with van der Waals surface area (Å²) in [5.41, 5.74) is 4.95. The van der Waals surface area contributed by atoms with Crippen LogP contribution in [-0.2, 0) is 24.2 Å². The minimum atomic E-state index is -0.269. The molecule has 0 aliphatic carbocycles. The maximum atomic E-state index is 14.4. The fourth-order valence-electron chi connectivity index (χ4n) is 4.26. The Morgan fingerprint density at radius 1 is 1.12 bits per heavy atom. The number of amides is 1. The van der Waals surface area contributed by atoms with Crippen molar-refractivity contribution in [2.75, 3.05) is 11.9 Å². The number of fused-ring (bicyclic) bond motifs is 1. The lowest BCUT2D eigenvalue weighted by Gasteiger charge is -2.29. The van der Waals surface area contributed by atoms with Crippen molar-refractivity contribution in [3.8, 4) is 5.69 Å². The molecular formula is C26H25FN6O. The van der Waals surface area contributed by atoms with E-state index < -0.39 is 0 Å². The first-order valence-corrected chi connectivity index (χ1v) is 11.2. The summed E-state index contributed by atoms with van der Waals surface area (Å²) in [5.74, 6) is 1.12. The zero-order valence-corrected chi connectivity index (χ0v) is 19.1. The highest BCUT2D eigenvalue weighted by molar-refractivity contribution is 5.73. The minimum absolute atomic E-state index is 0.0120. The van der Waals surface area contributed by atoms with E-state index in [1.54, 1.807) is 30.2 Å². The van der Waals surface area contributed by atoms with Gasteiger partial charge in [0.25, 0.3) is 0 Å². The Labute approximate surface area is 197 Å². The summed E-state index contributed by atoms with van der Waals surface area (Å²) in [6.45, 7) is 4.56. The van der Waals surface area contributed by atoms with Gasteiger partial charge in [-0.15, -0.1) is 0 Å². The molecule has 0 bridgehead atoms. The van der Waals surface area contributed by atoms with Gasteiger partial charge in [-0.1, -0.05) is 18.2 Å². The number of anilines is 2. The molecule has 2 aromatic carbocycles. The second kappa shape index (κ2) is 9.05. The first-order valence-electron chi connectivity index (χ1n) is 11.2. The molecule has 5 rings (SSSR count). The predicted octanol–water partition coefficient (Wildman–Crippen LogP) is 4.35. The molecule has 0 unspecified atom stereocenters. The number of rotatable bonds is 5. The molecule has 7 nitrogen and oxygen atoms in total. The number of nitrogens with one attached hydrogen (secondary N) is 1. The van der Waals surface area contributed by atoms with Crippen molar-refractivity contribution in [3.05, 3.63) is 95.1 Å². The van der Waals surface area contributed by atoms with Crippen LogP contribution in [0, 0.1) is 12.7 Å². The van der Waals surface area contributed by atoms with E-state index in [2.05, 4.69) is 10.3 Å². The highest BCUT2D eigenvalue weighted by atomic mass is 19.1. The number of hydrogen-bond donors (Lipinski definition) is 1. The molecule has 0 saturated heterocycles. The van der Waals surface area contributed by atoms with Crippen LogP contribution in [-0.4, -0.2) is 36.9 Å². The Kier molecular flexibility index (Phi) is 5.79. The van der Waals surface area contributed by atoms with E-state index >= 15 is 0 Å². The molecule has 4 aromatic rings. The maximum absolute atomic E-state index is 14.4. The van der Waals surface area contributed by atoms with E-state index in [4.69, 9.17) is 9.97 Å². The number of benzene rings is 2. The van der Waals surface area contributed by atoms with Gasteiger partial charge in [-0.3, -0.25) is 4.79 Å². The molecule has 1 N–H and O–H groups in total. The van der Waals surface area contributed by atoms with Crippen LogP contribution in [0.2, 0.25) is 0 Å². The molecule has 3 heterocycles. The summed E-state index contributed by atoms with van der Waals surface area (Å²) in [6, 6.07) is 14.6. The average molecular weight is 457 g/mol. The number of aromatic nitrogens is 4. The van der Waals surface area contributed by atoms with Crippen LogP contribution in [0.1, 0.15) is 35.3 Å². The van der Waals surface area contributed by atoms with Gasteiger partial charge < -0.3 is 14.8 Å². The normalized spacial score (nSPS) is 13.0. The van der Waals surface area contributed by atoms with Crippen LogP contribution in [0.3, 0.4) is 0 Å². The third-order valence-electron chi connectivity index (χ3n) is 6.13. The van der Waals surface area contributed by atoms with Crippen molar-refractivity contribution >= 4 is 17.5 Å². The monoisotopic (exact) mass is 456 g/mol. The Morgan fingerprint density at radius 2 is 1.91 bits per heavy atom. The van der Waals surface area contributed by atoms with E-state index in [9.17, 15) is 9.18 Å². The van der Waals surface area contributed by atoms with E-state index in [1.807, 2.05) is 48.0 Å². The van der Waals surface area contributed by atoms with Gasteiger partial charge in [-0.2, -0.15) is 0 Å². The summed E-state index contributed by atoms with van der Waals surface area (Å²) < 4.78 is 16.4. The topological polar surface area (TPSA) is 75.9 Å². The van der Waals surface area contributed by atoms with Gasteiger partial charge in [0.15, 0.2) is 0 Å². The van der Waals surface area contributed by atoms with Crippen LogP contribution in [0.5, 0.6) is 0 Å². The van der Waals surface area contributed by atoms with Gasteiger partial charge in [0, 0.05) is 62.2 Å². The van der Waals surface area contributed by atoms with Crippen molar-refractivity contribution in [2.24, 2.45) is 0 Å². The smallest absolute Gasteiger partial charge is 0.227 e. The third-order valence-corrected chi connectivity index (χ3v) is 6.13. The number of carbonyl (C=O) groups is 1. The van der Waals surface area contributed by atoms with Crippen molar-refractivity contribution in [1.82, 2.24) is 24.4 Å². The fourth-order valence-corrected chi connectivity index (χ4v) is 4.26. The molecule has 1 amide bonds. The molecule has 0 saturated carbocycles. The van der Waals surface area contributed by atoms with E-state index in [-0.39, 0.29) is 11.7 Å². The minimum Gasteiger partial charge on any atom is -0.338 e. The van der Waals surface area contributed by atoms with Gasteiger partial charge in [0.05, 0.1) is 11.4 Å². The van der Waals surface area contributed by atoms with Gasteiger partial charge in [-0.25, -0.2) is 19.3 Å². The number of imidazole rings is 1. The first-order chi connectivity index (χ1) is 16.5. The molecule has 34 heavy (non-hydrogen) atoms. The lowest BCUT2D eigenvalue weighted by molar-refractivity contribution is -0.129.